The van der Waals surface area contributed by atoms with Gasteiger partial charge in [0.1, 0.15) is 22.5 Å². The molecule has 0 bridgehead atoms. The smallest absolute Gasteiger partial charge is 0.390 e. The van der Waals surface area contributed by atoms with Crippen molar-refractivity contribution in [2.24, 2.45) is 11.1 Å². The molecular weight excluding hydrogens is 475 g/mol. The van der Waals surface area contributed by atoms with Crippen LogP contribution in [0.15, 0.2) is 30.5 Å². The number of nitrogens with one attached hydrogen (secondary N) is 1. The maximum Gasteiger partial charge on any atom is 0.425 e. The number of halogens is 3. The molecular formula is C17H18F3N5O5S2. The van der Waals surface area contributed by atoms with Crippen molar-refractivity contribution in [2.45, 2.75) is 30.8 Å². The van der Waals surface area contributed by atoms with Crippen molar-refractivity contribution >= 4 is 33.1 Å². The maximum atomic E-state index is 12.9. The molecule has 0 spiro atoms. The largest absolute Gasteiger partial charge is 0.425 e. The summed E-state index contributed by atoms with van der Waals surface area (Å²) in [5, 5.41) is 32.7. The second-order valence-corrected chi connectivity index (χ2v) is 9.60. The fourth-order valence-corrected chi connectivity index (χ4v) is 4.75. The first-order chi connectivity index (χ1) is 14.9. The number of aliphatic hydroxyl groups excluding tert-OH is 2. The van der Waals surface area contributed by atoms with E-state index >= 15 is 0 Å². The Morgan fingerprint density at radius 2 is 2.03 bits per heavy atom. The van der Waals surface area contributed by atoms with E-state index in [4.69, 9.17) is 5.14 Å². The molecule has 3 heterocycles. The summed E-state index contributed by atoms with van der Waals surface area (Å²) >= 11 is 0.560. The third-order valence-electron chi connectivity index (χ3n) is 5.08. The maximum absolute atomic E-state index is 12.9. The van der Waals surface area contributed by atoms with Crippen LogP contribution in [-0.4, -0.2) is 58.1 Å². The van der Waals surface area contributed by atoms with Crippen LogP contribution in [0.3, 0.4) is 0 Å². The Balaban J connectivity index is 1.56. The molecule has 0 amide bonds. The van der Waals surface area contributed by atoms with Crippen molar-refractivity contribution < 1.29 is 36.0 Å². The van der Waals surface area contributed by atoms with E-state index in [1.165, 1.54) is 22.8 Å². The van der Waals surface area contributed by atoms with Crippen molar-refractivity contribution in [2.75, 3.05) is 11.9 Å². The molecule has 3 aromatic rings. The predicted molar refractivity (Wildman–Crippen MR) is 108 cm³/mol. The summed E-state index contributed by atoms with van der Waals surface area (Å²) in [7, 11) is -4.19. The van der Waals surface area contributed by atoms with Gasteiger partial charge in [0.15, 0.2) is 5.65 Å². The molecule has 32 heavy (non-hydrogen) atoms. The van der Waals surface area contributed by atoms with Crippen molar-refractivity contribution in [1.82, 2.24) is 14.6 Å². The standard InChI is InChI=1S/C17H18F3N5O5S2/c18-17(19,20)12-2-1-11(31-12)9-6-14-22-4-3-13(25(14)24-9)23-10-5-8(15(26)16(10)27)7-30-32(21,28)29/h1-4,6,8,10,15-16,23,26-27H,5,7H2,(H2,21,28,29). The first kappa shape index (κ1) is 22.9. The molecule has 4 rings (SSSR count). The van der Waals surface area contributed by atoms with E-state index in [0.29, 0.717) is 33.4 Å². The molecule has 0 radical (unpaired) electrons. The van der Waals surface area contributed by atoms with Gasteiger partial charge in [-0.3, -0.25) is 4.18 Å². The first-order valence-corrected chi connectivity index (χ1v) is 11.5. The van der Waals surface area contributed by atoms with Crippen LogP contribution in [0.4, 0.5) is 19.0 Å². The Kier molecular flexibility index (Phi) is 5.89. The molecule has 4 atom stereocenters. The number of fused-ring (bicyclic) bond motifs is 1. The molecule has 1 saturated carbocycles. The number of anilines is 1. The van der Waals surface area contributed by atoms with Crippen LogP contribution in [0.1, 0.15) is 11.3 Å². The lowest BCUT2D eigenvalue weighted by Gasteiger charge is -2.19. The Morgan fingerprint density at radius 3 is 2.69 bits per heavy atom. The average Bonchev–Trinajstić information content (AvgIpc) is 3.40. The lowest BCUT2D eigenvalue weighted by molar-refractivity contribution is -0.134. The van der Waals surface area contributed by atoms with Crippen LogP contribution in [0, 0.1) is 5.92 Å². The fraction of sp³-hybridized carbons (Fsp3) is 0.412. The SMILES string of the molecule is NS(=O)(=O)OCC1CC(Nc2ccnc3cc(-c4ccc(C(F)(F)F)s4)nn23)C(O)C1O. The van der Waals surface area contributed by atoms with Gasteiger partial charge in [-0.2, -0.15) is 31.2 Å². The minimum atomic E-state index is -4.45. The molecule has 5 N–H and O–H groups in total. The summed E-state index contributed by atoms with van der Waals surface area (Å²) in [5.74, 6) is -0.323. The van der Waals surface area contributed by atoms with Crippen molar-refractivity contribution in [3.63, 3.8) is 0 Å². The number of hydrogen-bond acceptors (Lipinski definition) is 9. The molecule has 3 aromatic heterocycles. The quantitative estimate of drug-likeness (QED) is 0.400. The molecule has 0 aromatic carbocycles. The molecule has 1 aliphatic carbocycles. The lowest BCUT2D eigenvalue weighted by Crippen LogP contribution is -2.36. The number of alkyl halides is 3. The van der Waals surface area contributed by atoms with E-state index in [9.17, 15) is 31.8 Å². The zero-order valence-corrected chi connectivity index (χ0v) is 17.7. The fourth-order valence-electron chi connectivity index (χ4n) is 3.56. The number of thiophene rings is 1. The summed E-state index contributed by atoms with van der Waals surface area (Å²) in [4.78, 5) is 3.72. The molecule has 174 valence electrons. The molecule has 0 aliphatic heterocycles. The van der Waals surface area contributed by atoms with Crippen LogP contribution < -0.4 is 10.5 Å². The number of aromatic nitrogens is 3. The van der Waals surface area contributed by atoms with Gasteiger partial charge in [0, 0.05) is 18.2 Å². The highest BCUT2D eigenvalue weighted by atomic mass is 32.2. The Morgan fingerprint density at radius 1 is 1.28 bits per heavy atom. The van der Waals surface area contributed by atoms with Gasteiger partial charge in [0.2, 0.25) is 0 Å². The molecule has 1 fully saturated rings. The molecule has 4 unspecified atom stereocenters. The van der Waals surface area contributed by atoms with Gasteiger partial charge in [-0.15, -0.1) is 11.3 Å². The summed E-state index contributed by atoms with van der Waals surface area (Å²) in [5.41, 5.74) is 0.646. The van der Waals surface area contributed by atoms with Gasteiger partial charge >= 0.3 is 16.5 Å². The number of rotatable bonds is 6. The van der Waals surface area contributed by atoms with Crippen LogP contribution in [0.25, 0.3) is 16.2 Å². The molecule has 1 aliphatic rings. The van der Waals surface area contributed by atoms with Crippen LogP contribution in [0.2, 0.25) is 0 Å². The van der Waals surface area contributed by atoms with Crippen molar-refractivity contribution in [3.8, 4) is 10.6 Å². The van der Waals surface area contributed by atoms with Crippen LogP contribution >= 0.6 is 11.3 Å². The normalized spacial score (nSPS) is 24.3. The highest BCUT2D eigenvalue weighted by Gasteiger charge is 2.42. The summed E-state index contributed by atoms with van der Waals surface area (Å²) < 4.78 is 66.6. The number of aliphatic hydroxyl groups is 2. The zero-order chi connectivity index (χ0) is 23.3. The van der Waals surface area contributed by atoms with Gasteiger partial charge in [-0.05, 0) is 24.6 Å². The Bertz CT molecular complexity index is 1230. The monoisotopic (exact) mass is 493 g/mol. The van der Waals surface area contributed by atoms with Gasteiger partial charge in [0.25, 0.3) is 0 Å². The van der Waals surface area contributed by atoms with Gasteiger partial charge < -0.3 is 15.5 Å². The highest BCUT2D eigenvalue weighted by molar-refractivity contribution is 7.84. The van der Waals surface area contributed by atoms with Crippen molar-refractivity contribution in [3.05, 3.63) is 35.3 Å². The van der Waals surface area contributed by atoms with Gasteiger partial charge in [-0.25, -0.2) is 10.1 Å². The van der Waals surface area contributed by atoms with E-state index < -0.39 is 52.1 Å². The number of nitrogens with zero attached hydrogens (tertiary/aromatic N) is 3. The van der Waals surface area contributed by atoms with Crippen LogP contribution in [0.5, 0.6) is 0 Å². The topological polar surface area (TPSA) is 152 Å². The van der Waals surface area contributed by atoms with E-state index in [-0.39, 0.29) is 6.42 Å². The lowest BCUT2D eigenvalue weighted by atomic mass is 10.1. The van der Waals surface area contributed by atoms with E-state index in [1.54, 1.807) is 6.07 Å². The second-order valence-electron chi connectivity index (χ2n) is 7.30. The van der Waals surface area contributed by atoms with E-state index in [1.807, 2.05) is 0 Å². The Hall–Kier alpha value is -2.30. The van der Waals surface area contributed by atoms with E-state index in [2.05, 4.69) is 19.6 Å². The summed E-state index contributed by atoms with van der Waals surface area (Å²) in [6, 6.07) is 4.70. The molecule has 0 saturated heterocycles. The zero-order valence-electron chi connectivity index (χ0n) is 16.1. The number of hydrogen-bond donors (Lipinski definition) is 4. The van der Waals surface area contributed by atoms with Crippen molar-refractivity contribution in [1.29, 1.82) is 0 Å². The number of nitrogens with two attached hydrogens (primary N) is 1. The predicted octanol–water partition coefficient (Wildman–Crippen LogP) is 1.22. The Labute approximate surface area is 183 Å². The average molecular weight is 493 g/mol. The van der Waals surface area contributed by atoms with Gasteiger partial charge in [-0.1, -0.05) is 0 Å². The molecule has 10 nitrogen and oxygen atoms in total. The minimum absolute atomic E-state index is 0.162. The van der Waals surface area contributed by atoms with Crippen LogP contribution in [-0.2, 0) is 20.7 Å². The van der Waals surface area contributed by atoms with E-state index in [0.717, 1.165) is 6.07 Å². The third-order valence-corrected chi connectivity index (χ3v) is 6.69. The summed E-state index contributed by atoms with van der Waals surface area (Å²) in [6.45, 7) is -0.396. The second kappa shape index (κ2) is 8.24. The highest BCUT2D eigenvalue weighted by Crippen LogP contribution is 2.38. The third kappa shape index (κ3) is 4.72. The first-order valence-electron chi connectivity index (χ1n) is 9.24. The minimum Gasteiger partial charge on any atom is -0.390 e. The molecule has 15 heteroatoms. The summed E-state index contributed by atoms with van der Waals surface area (Å²) in [6.07, 6.45) is -5.33. The van der Waals surface area contributed by atoms with Gasteiger partial charge in [0.05, 0.1) is 23.6 Å².